The Kier molecular flexibility index (Phi) is 8.52. The first-order chi connectivity index (χ1) is 18.4. The molecule has 7 heteroatoms. The summed E-state index contributed by atoms with van der Waals surface area (Å²) in [5, 5.41) is 13.1. The molecule has 0 aliphatic heterocycles. The van der Waals surface area contributed by atoms with E-state index < -0.39 is 5.91 Å². The summed E-state index contributed by atoms with van der Waals surface area (Å²) in [5.41, 5.74) is 5.15. The molecular formula is C31H28ClN3O3. The van der Waals surface area contributed by atoms with E-state index in [-0.39, 0.29) is 5.57 Å². The van der Waals surface area contributed by atoms with E-state index in [0.717, 1.165) is 34.0 Å². The molecule has 0 unspecified atom stereocenters. The van der Waals surface area contributed by atoms with Gasteiger partial charge in [-0.05, 0) is 93.1 Å². The van der Waals surface area contributed by atoms with E-state index in [9.17, 15) is 10.1 Å². The van der Waals surface area contributed by atoms with Crippen molar-refractivity contribution in [3.8, 4) is 23.3 Å². The molecule has 0 radical (unpaired) electrons. The number of anilines is 1. The number of nitriles is 1. The van der Waals surface area contributed by atoms with Gasteiger partial charge < -0.3 is 19.4 Å². The molecular weight excluding hydrogens is 498 g/mol. The zero-order valence-corrected chi connectivity index (χ0v) is 22.3. The molecule has 0 saturated heterocycles. The van der Waals surface area contributed by atoms with Gasteiger partial charge in [0.1, 0.15) is 29.7 Å². The average molecular weight is 526 g/mol. The lowest BCUT2D eigenvalue weighted by molar-refractivity contribution is -0.112. The first-order valence-corrected chi connectivity index (χ1v) is 12.6. The van der Waals surface area contributed by atoms with Crippen LogP contribution in [-0.2, 0) is 11.4 Å². The zero-order chi connectivity index (χ0) is 27.1. The lowest BCUT2D eigenvalue weighted by atomic mass is 10.1. The second kappa shape index (κ2) is 12.2. The number of carbonyl (C=O) groups is 1. The number of halogens is 1. The van der Waals surface area contributed by atoms with Crippen LogP contribution in [0.2, 0.25) is 5.02 Å². The van der Waals surface area contributed by atoms with Crippen molar-refractivity contribution in [1.82, 2.24) is 4.57 Å². The quantitative estimate of drug-likeness (QED) is 0.184. The van der Waals surface area contributed by atoms with E-state index in [4.69, 9.17) is 21.1 Å². The molecule has 0 atom stereocenters. The van der Waals surface area contributed by atoms with Crippen LogP contribution >= 0.6 is 11.6 Å². The molecule has 0 bridgehead atoms. The van der Waals surface area contributed by atoms with Crippen molar-refractivity contribution in [2.75, 3.05) is 11.9 Å². The highest BCUT2D eigenvalue weighted by Crippen LogP contribution is 2.26. The number of hydrogen-bond donors (Lipinski definition) is 1. The fourth-order valence-electron chi connectivity index (χ4n) is 4.10. The van der Waals surface area contributed by atoms with Crippen LogP contribution in [0.1, 0.15) is 29.4 Å². The maximum atomic E-state index is 12.8. The Balaban J connectivity index is 1.49. The summed E-state index contributed by atoms with van der Waals surface area (Å²) < 4.78 is 13.4. The minimum atomic E-state index is -0.471. The maximum absolute atomic E-state index is 12.8. The summed E-state index contributed by atoms with van der Waals surface area (Å²) in [7, 11) is 0. The number of rotatable bonds is 9. The summed E-state index contributed by atoms with van der Waals surface area (Å²) in [5.74, 6) is 0.977. The van der Waals surface area contributed by atoms with Crippen molar-refractivity contribution in [1.29, 1.82) is 5.26 Å². The Morgan fingerprint density at radius 3 is 2.32 bits per heavy atom. The van der Waals surface area contributed by atoms with Gasteiger partial charge >= 0.3 is 0 Å². The van der Waals surface area contributed by atoms with Crippen LogP contribution < -0.4 is 14.8 Å². The first kappa shape index (κ1) is 26.6. The molecule has 3 aromatic carbocycles. The number of aromatic nitrogens is 1. The monoisotopic (exact) mass is 525 g/mol. The van der Waals surface area contributed by atoms with Gasteiger partial charge in [0.15, 0.2) is 0 Å². The van der Waals surface area contributed by atoms with Gasteiger partial charge in [0.05, 0.1) is 6.61 Å². The number of aryl methyl sites for hydroxylation is 1. The van der Waals surface area contributed by atoms with Gasteiger partial charge in [-0.15, -0.1) is 0 Å². The molecule has 0 spiro atoms. The van der Waals surface area contributed by atoms with Crippen molar-refractivity contribution < 1.29 is 14.3 Å². The number of carbonyl (C=O) groups excluding carboxylic acids is 1. The van der Waals surface area contributed by atoms with Crippen LogP contribution in [0.3, 0.4) is 0 Å². The molecule has 4 aromatic rings. The van der Waals surface area contributed by atoms with Crippen molar-refractivity contribution in [2.45, 2.75) is 27.4 Å². The van der Waals surface area contributed by atoms with Crippen LogP contribution in [0.15, 0.2) is 84.4 Å². The molecule has 38 heavy (non-hydrogen) atoms. The number of hydrogen-bond acceptors (Lipinski definition) is 4. The predicted octanol–water partition coefficient (Wildman–Crippen LogP) is 7.27. The van der Waals surface area contributed by atoms with Crippen LogP contribution in [0.25, 0.3) is 11.8 Å². The Hall–Kier alpha value is -4.47. The van der Waals surface area contributed by atoms with Crippen LogP contribution in [-0.4, -0.2) is 17.1 Å². The van der Waals surface area contributed by atoms with Crippen LogP contribution in [0.5, 0.6) is 11.5 Å². The second-order valence-corrected chi connectivity index (χ2v) is 9.02. The molecule has 1 amide bonds. The maximum Gasteiger partial charge on any atom is 0.266 e. The minimum absolute atomic E-state index is 0.0162. The van der Waals surface area contributed by atoms with Crippen molar-refractivity contribution in [3.05, 3.63) is 112 Å². The smallest absolute Gasteiger partial charge is 0.266 e. The van der Waals surface area contributed by atoms with Gasteiger partial charge in [0.25, 0.3) is 5.91 Å². The van der Waals surface area contributed by atoms with Gasteiger partial charge in [-0.25, -0.2) is 0 Å². The lowest BCUT2D eigenvalue weighted by Crippen LogP contribution is -2.13. The molecule has 1 heterocycles. The first-order valence-electron chi connectivity index (χ1n) is 12.2. The van der Waals surface area contributed by atoms with E-state index in [1.807, 2.05) is 81.4 Å². The molecule has 192 valence electrons. The third-order valence-corrected chi connectivity index (χ3v) is 6.37. The summed E-state index contributed by atoms with van der Waals surface area (Å²) in [4.78, 5) is 12.8. The average Bonchev–Trinajstić information content (AvgIpc) is 3.20. The normalized spacial score (nSPS) is 11.1. The molecule has 6 nitrogen and oxygen atoms in total. The standard InChI is InChI=1S/C31H28ClN3O3/c1-4-37-28-13-9-26(10-14-28)34-31(36)25(19-33)18-24-17-21(2)35(22(24)3)27-11-15-29(16-12-27)38-20-23-7-5-6-8-30(23)32/h5-18H,4,20H2,1-3H3,(H,34,36)/b25-18-. The highest BCUT2D eigenvalue weighted by molar-refractivity contribution is 6.31. The van der Waals surface area contributed by atoms with Gasteiger partial charge in [-0.1, -0.05) is 29.8 Å². The fraction of sp³-hybridized carbons (Fsp3) is 0.161. The number of nitrogens with one attached hydrogen (secondary N) is 1. The lowest BCUT2D eigenvalue weighted by Gasteiger charge is -2.12. The molecule has 0 aliphatic rings. The molecule has 0 saturated carbocycles. The number of amides is 1. The topological polar surface area (TPSA) is 76.3 Å². The van der Waals surface area contributed by atoms with Gasteiger partial charge in [0, 0.05) is 33.3 Å². The predicted molar refractivity (Wildman–Crippen MR) is 151 cm³/mol. The molecule has 4 rings (SSSR count). The van der Waals surface area contributed by atoms with Gasteiger partial charge in [0.2, 0.25) is 0 Å². The summed E-state index contributed by atoms with van der Waals surface area (Å²) >= 11 is 6.22. The minimum Gasteiger partial charge on any atom is -0.494 e. The second-order valence-electron chi connectivity index (χ2n) is 8.62. The van der Waals surface area contributed by atoms with E-state index in [1.165, 1.54) is 0 Å². The highest BCUT2D eigenvalue weighted by atomic mass is 35.5. The van der Waals surface area contributed by atoms with Gasteiger partial charge in [-0.2, -0.15) is 5.26 Å². The van der Waals surface area contributed by atoms with E-state index in [2.05, 4.69) is 9.88 Å². The van der Waals surface area contributed by atoms with Crippen LogP contribution in [0.4, 0.5) is 5.69 Å². The highest BCUT2D eigenvalue weighted by Gasteiger charge is 2.14. The third-order valence-electron chi connectivity index (χ3n) is 6.01. The SMILES string of the molecule is CCOc1ccc(NC(=O)/C(C#N)=C\c2cc(C)n(-c3ccc(OCc4ccccc4Cl)cc3)c2C)cc1. The number of ether oxygens (including phenoxy) is 2. The van der Waals surface area contributed by atoms with E-state index in [1.54, 1.807) is 30.3 Å². The van der Waals surface area contributed by atoms with Crippen molar-refractivity contribution >= 4 is 29.3 Å². The third kappa shape index (κ3) is 6.26. The van der Waals surface area contributed by atoms with E-state index in [0.29, 0.717) is 29.7 Å². The van der Waals surface area contributed by atoms with Crippen molar-refractivity contribution in [2.24, 2.45) is 0 Å². The molecule has 1 aromatic heterocycles. The molecule has 0 aliphatic carbocycles. The fourth-order valence-corrected chi connectivity index (χ4v) is 4.29. The van der Waals surface area contributed by atoms with Crippen LogP contribution in [0, 0.1) is 25.2 Å². The molecule has 1 N–H and O–H groups in total. The van der Waals surface area contributed by atoms with E-state index >= 15 is 0 Å². The number of nitrogens with zero attached hydrogens (tertiary/aromatic N) is 2. The Morgan fingerprint density at radius 1 is 1.00 bits per heavy atom. The van der Waals surface area contributed by atoms with Crippen molar-refractivity contribution in [3.63, 3.8) is 0 Å². The summed E-state index contributed by atoms with van der Waals surface area (Å²) in [6.07, 6.45) is 1.61. The Morgan fingerprint density at radius 2 is 1.66 bits per heavy atom. The Bertz CT molecular complexity index is 1500. The summed E-state index contributed by atoms with van der Waals surface area (Å²) in [6.45, 7) is 6.79. The Labute approximate surface area is 227 Å². The number of benzene rings is 3. The molecule has 0 fully saturated rings. The zero-order valence-electron chi connectivity index (χ0n) is 21.5. The summed E-state index contributed by atoms with van der Waals surface area (Å²) in [6, 6.07) is 26.4. The van der Waals surface area contributed by atoms with Gasteiger partial charge in [-0.3, -0.25) is 4.79 Å². The largest absolute Gasteiger partial charge is 0.494 e.